The van der Waals surface area contributed by atoms with Crippen LogP contribution in [0.2, 0.25) is 0 Å². The molecule has 3 unspecified atom stereocenters. The maximum absolute atomic E-state index is 12.4. The van der Waals surface area contributed by atoms with Crippen LogP contribution in [0.25, 0.3) is 0 Å². The molecule has 138 valence electrons. The molecule has 1 aliphatic heterocycles. The maximum Gasteiger partial charge on any atom is 0.341 e. The van der Waals surface area contributed by atoms with E-state index in [0.717, 1.165) is 42.2 Å². The van der Waals surface area contributed by atoms with E-state index in [4.69, 9.17) is 17.0 Å². The van der Waals surface area contributed by atoms with Crippen molar-refractivity contribution in [2.45, 2.75) is 71.4 Å². The summed E-state index contributed by atoms with van der Waals surface area (Å²) in [5, 5.41) is 5.00. The number of thiocarbonyl (C=S) groups is 1. The van der Waals surface area contributed by atoms with Crippen molar-refractivity contribution in [3.63, 3.8) is 0 Å². The average molecular weight is 381 g/mol. The van der Waals surface area contributed by atoms with Gasteiger partial charge in [-0.05, 0) is 76.1 Å². The molecule has 1 N–H and O–H groups in total. The molecule has 0 saturated carbocycles. The minimum Gasteiger partial charge on any atom is -0.465 e. The molecule has 0 spiro atoms. The summed E-state index contributed by atoms with van der Waals surface area (Å²) in [6, 6.07) is 0.861. The number of anilines is 1. The van der Waals surface area contributed by atoms with Crippen molar-refractivity contribution in [3.8, 4) is 0 Å². The molecule has 25 heavy (non-hydrogen) atoms. The Bertz CT molecular complexity index is 661. The molecule has 2 aliphatic rings. The van der Waals surface area contributed by atoms with E-state index in [9.17, 15) is 4.79 Å². The highest BCUT2D eigenvalue weighted by Crippen LogP contribution is 2.40. The first-order valence-electron chi connectivity index (χ1n) is 9.24. The van der Waals surface area contributed by atoms with Gasteiger partial charge in [-0.25, -0.2) is 4.79 Å². The number of hydrogen-bond donors (Lipinski definition) is 1. The van der Waals surface area contributed by atoms with Crippen LogP contribution in [0.15, 0.2) is 0 Å². The molecule has 0 aromatic carbocycles. The van der Waals surface area contributed by atoms with Crippen molar-refractivity contribution in [1.82, 2.24) is 4.90 Å². The van der Waals surface area contributed by atoms with Crippen LogP contribution in [0.1, 0.15) is 67.3 Å². The highest BCUT2D eigenvalue weighted by atomic mass is 32.1. The number of nitrogens with zero attached hydrogens (tertiary/aromatic N) is 1. The molecular formula is C19H28N2O2S2. The first-order valence-corrected chi connectivity index (χ1v) is 10.5. The zero-order chi connectivity index (χ0) is 18.1. The Morgan fingerprint density at radius 3 is 2.56 bits per heavy atom. The number of nitrogens with one attached hydrogen (secondary N) is 1. The van der Waals surface area contributed by atoms with E-state index in [2.05, 4.69) is 31.0 Å². The van der Waals surface area contributed by atoms with Crippen LogP contribution in [0.4, 0.5) is 5.00 Å². The van der Waals surface area contributed by atoms with Crippen LogP contribution in [-0.2, 0) is 17.6 Å². The largest absolute Gasteiger partial charge is 0.465 e. The van der Waals surface area contributed by atoms with E-state index in [0.29, 0.717) is 23.6 Å². The number of likely N-dealkylation sites (tertiary alicyclic amines) is 1. The standard InChI is InChI=1S/C19H28N2O2S2/c1-11-8-9-14-15(10-11)25-17(16(14)18(22)23-4)20-19(24)21-12(2)6-5-7-13(21)3/h11-13H,5-10H2,1-4H3,(H,20,24). The summed E-state index contributed by atoms with van der Waals surface area (Å²) in [6.45, 7) is 6.73. The number of rotatable bonds is 2. The quantitative estimate of drug-likeness (QED) is 0.599. The Kier molecular flexibility index (Phi) is 5.68. The molecule has 4 nitrogen and oxygen atoms in total. The van der Waals surface area contributed by atoms with Crippen molar-refractivity contribution < 1.29 is 9.53 Å². The Morgan fingerprint density at radius 1 is 1.24 bits per heavy atom. The smallest absolute Gasteiger partial charge is 0.341 e. The molecule has 1 fully saturated rings. The Morgan fingerprint density at radius 2 is 1.92 bits per heavy atom. The number of fused-ring (bicyclic) bond motifs is 1. The third-order valence-electron chi connectivity index (χ3n) is 5.55. The summed E-state index contributed by atoms with van der Waals surface area (Å²) >= 11 is 7.40. The van der Waals surface area contributed by atoms with E-state index in [1.54, 1.807) is 11.3 Å². The molecule has 0 radical (unpaired) electrons. The lowest BCUT2D eigenvalue weighted by atomic mass is 9.88. The summed E-state index contributed by atoms with van der Waals surface area (Å²) in [5.74, 6) is 0.413. The second-order valence-corrected chi connectivity index (χ2v) is 9.01. The van der Waals surface area contributed by atoms with Crippen LogP contribution in [0, 0.1) is 5.92 Å². The van der Waals surface area contributed by atoms with E-state index in [1.807, 2.05) is 0 Å². The van der Waals surface area contributed by atoms with E-state index < -0.39 is 0 Å². The highest BCUT2D eigenvalue weighted by molar-refractivity contribution is 7.80. The van der Waals surface area contributed by atoms with Crippen LogP contribution < -0.4 is 5.32 Å². The lowest BCUT2D eigenvalue weighted by Gasteiger charge is -2.40. The van der Waals surface area contributed by atoms with Crippen molar-refractivity contribution >= 4 is 39.6 Å². The number of thiophene rings is 1. The van der Waals surface area contributed by atoms with E-state index in [1.165, 1.54) is 24.0 Å². The SMILES string of the molecule is COC(=O)c1c(NC(=S)N2C(C)CCCC2C)sc2c1CCC(C)C2. The van der Waals surface area contributed by atoms with Gasteiger partial charge in [-0.2, -0.15) is 0 Å². The number of carbonyl (C=O) groups excluding carboxylic acids is 1. The van der Waals surface area contributed by atoms with Gasteiger partial charge in [-0.15, -0.1) is 11.3 Å². The monoisotopic (exact) mass is 380 g/mol. The van der Waals surface area contributed by atoms with Gasteiger partial charge in [0, 0.05) is 17.0 Å². The van der Waals surface area contributed by atoms with Gasteiger partial charge in [-0.1, -0.05) is 6.92 Å². The second-order valence-electron chi connectivity index (χ2n) is 7.51. The minimum absolute atomic E-state index is 0.253. The predicted octanol–water partition coefficient (Wildman–Crippen LogP) is 4.62. The molecular weight excluding hydrogens is 352 g/mol. The number of piperidine rings is 1. The van der Waals surface area contributed by atoms with Crippen molar-refractivity contribution in [2.75, 3.05) is 12.4 Å². The van der Waals surface area contributed by atoms with Crippen molar-refractivity contribution in [2.24, 2.45) is 5.92 Å². The number of ether oxygens (including phenoxy) is 1. The van der Waals surface area contributed by atoms with Gasteiger partial charge in [-0.3, -0.25) is 0 Å². The molecule has 1 saturated heterocycles. The number of carbonyl (C=O) groups is 1. The van der Waals surface area contributed by atoms with Crippen LogP contribution in [0.3, 0.4) is 0 Å². The van der Waals surface area contributed by atoms with E-state index >= 15 is 0 Å². The molecule has 0 bridgehead atoms. The molecule has 1 aromatic heterocycles. The van der Waals surface area contributed by atoms with Gasteiger partial charge in [0.25, 0.3) is 0 Å². The van der Waals surface area contributed by atoms with Crippen molar-refractivity contribution in [1.29, 1.82) is 0 Å². The normalized spacial score (nSPS) is 26.1. The molecule has 3 atom stereocenters. The Balaban J connectivity index is 1.89. The summed E-state index contributed by atoms with van der Waals surface area (Å²) in [5.41, 5.74) is 1.87. The summed E-state index contributed by atoms with van der Waals surface area (Å²) in [6.07, 6.45) is 6.68. The highest BCUT2D eigenvalue weighted by Gasteiger charge is 2.31. The Hall–Kier alpha value is -1.14. The molecule has 1 aromatic rings. The first-order chi connectivity index (χ1) is 11.9. The fourth-order valence-corrected chi connectivity index (χ4v) is 6.06. The summed E-state index contributed by atoms with van der Waals surface area (Å²) < 4.78 is 5.07. The topological polar surface area (TPSA) is 41.6 Å². The molecule has 2 heterocycles. The summed E-state index contributed by atoms with van der Waals surface area (Å²) in [7, 11) is 1.45. The third kappa shape index (κ3) is 3.70. The number of hydrogen-bond acceptors (Lipinski definition) is 4. The summed E-state index contributed by atoms with van der Waals surface area (Å²) in [4.78, 5) is 16.0. The van der Waals surface area contributed by atoms with Crippen LogP contribution in [-0.4, -0.2) is 35.2 Å². The molecule has 0 amide bonds. The predicted molar refractivity (Wildman–Crippen MR) is 108 cm³/mol. The maximum atomic E-state index is 12.4. The number of methoxy groups -OCH3 is 1. The van der Waals surface area contributed by atoms with Crippen molar-refractivity contribution in [3.05, 3.63) is 16.0 Å². The minimum atomic E-state index is -0.253. The lowest BCUT2D eigenvalue weighted by molar-refractivity contribution is 0.0601. The van der Waals surface area contributed by atoms with Gasteiger partial charge in [0.1, 0.15) is 5.00 Å². The van der Waals surface area contributed by atoms with Gasteiger partial charge in [0.05, 0.1) is 12.7 Å². The van der Waals surface area contributed by atoms with Crippen LogP contribution in [0.5, 0.6) is 0 Å². The average Bonchev–Trinajstić information content (AvgIpc) is 2.90. The van der Waals surface area contributed by atoms with Crippen LogP contribution >= 0.6 is 23.6 Å². The fraction of sp³-hybridized carbons (Fsp3) is 0.684. The Labute approximate surface area is 159 Å². The van der Waals surface area contributed by atoms with Gasteiger partial charge >= 0.3 is 5.97 Å². The first kappa shape index (κ1) is 18.6. The third-order valence-corrected chi connectivity index (χ3v) is 7.03. The molecule has 3 rings (SSSR count). The molecule has 6 heteroatoms. The van der Waals surface area contributed by atoms with Gasteiger partial charge in [0.2, 0.25) is 0 Å². The lowest BCUT2D eigenvalue weighted by Crippen LogP contribution is -2.49. The second kappa shape index (κ2) is 7.62. The fourth-order valence-electron chi connectivity index (χ4n) is 4.14. The number of esters is 1. The van der Waals surface area contributed by atoms with Gasteiger partial charge < -0.3 is 15.0 Å². The van der Waals surface area contributed by atoms with E-state index in [-0.39, 0.29) is 5.97 Å². The van der Waals surface area contributed by atoms with Gasteiger partial charge in [0.15, 0.2) is 5.11 Å². The molecule has 1 aliphatic carbocycles. The zero-order valence-corrected chi connectivity index (χ0v) is 17.2. The zero-order valence-electron chi connectivity index (χ0n) is 15.6.